The van der Waals surface area contributed by atoms with E-state index in [1.165, 1.54) is 12.8 Å². The van der Waals surface area contributed by atoms with Gasteiger partial charge in [0.1, 0.15) is 5.78 Å². The Balaban J connectivity index is 2.08. The summed E-state index contributed by atoms with van der Waals surface area (Å²) in [5, 5.41) is 10.0. The summed E-state index contributed by atoms with van der Waals surface area (Å²) in [5.74, 6) is 2.05. The molecule has 0 radical (unpaired) electrons. The first-order valence-electron chi connectivity index (χ1n) is 8.59. The molecule has 1 N–H and O–H groups in total. The van der Waals surface area contributed by atoms with Gasteiger partial charge in [-0.25, -0.2) is 0 Å². The summed E-state index contributed by atoms with van der Waals surface area (Å²) in [5.41, 5.74) is -0.462. The Morgan fingerprint density at radius 2 is 1.95 bits per heavy atom. The highest BCUT2D eigenvalue weighted by Crippen LogP contribution is 2.56. The summed E-state index contributed by atoms with van der Waals surface area (Å²) in [6.07, 6.45) is 9.76. The highest BCUT2D eigenvalue weighted by Gasteiger charge is 2.51. The van der Waals surface area contributed by atoms with Crippen LogP contribution in [0.2, 0.25) is 0 Å². The number of ketones is 1. The average Bonchev–Trinajstić information content (AvgIpc) is 2.73. The zero-order valence-corrected chi connectivity index (χ0v) is 14.4. The molecule has 0 amide bonds. The number of hydrogen-bond acceptors (Lipinski definition) is 2. The van der Waals surface area contributed by atoms with Crippen LogP contribution in [0.5, 0.6) is 0 Å². The third kappa shape index (κ3) is 3.26. The van der Waals surface area contributed by atoms with Crippen molar-refractivity contribution in [3.05, 3.63) is 12.2 Å². The lowest BCUT2D eigenvalue weighted by atomic mass is 9.62. The molecule has 0 aromatic heterocycles. The van der Waals surface area contributed by atoms with Crippen molar-refractivity contribution in [1.29, 1.82) is 0 Å². The average molecular weight is 292 g/mol. The van der Waals surface area contributed by atoms with E-state index in [1.54, 1.807) is 0 Å². The molecular formula is C19H32O2. The second kappa shape index (κ2) is 5.87. The lowest BCUT2D eigenvalue weighted by Gasteiger charge is -2.41. The highest BCUT2D eigenvalue weighted by atomic mass is 16.3. The minimum Gasteiger partial charge on any atom is -0.390 e. The first-order valence-corrected chi connectivity index (χ1v) is 8.59. The van der Waals surface area contributed by atoms with Gasteiger partial charge in [-0.05, 0) is 56.8 Å². The first kappa shape index (κ1) is 16.7. The Bertz CT molecular complexity index is 418. The largest absolute Gasteiger partial charge is 0.390 e. The lowest BCUT2D eigenvalue weighted by Crippen LogP contribution is -2.39. The van der Waals surface area contributed by atoms with Crippen molar-refractivity contribution >= 4 is 5.78 Å². The smallest absolute Gasteiger partial charge is 0.136 e. The first-order chi connectivity index (χ1) is 9.66. The summed E-state index contributed by atoms with van der Waals surface area (Å²) in [6, 6.07) is 0. The molecule has 5 atom stereocenters. The van der Waals surface area contributed by atoms with Crippen LogP contribution in [0.15, 0.2) is 12.2 Å². The van der Waals surface area contributed by atoms with E-state index in [4.69, 9.17) is 0 Å². The van der Waals surface area contributed by atoms with E-state index in [2.05, 4.69) is 32.9 Å². The molecular weight excluding hydrogens is 260 g/mol. The Morgan fingerprint density at radius 3 is 2.57 bits per heavy atom. The van der Waals surface area contributed by atoms with Gasteiger partial charge in [-0.1, -0.05) is 32.9 Å². The molecule has 2 heteroatoms. The predicted octanol–water partition coefficient (Wildman–Crippen LogP) is 4.37. The van der Waals surface area contributed by atoms with E-state index in [9.17, 15) is 9.90 Å². The second-order valence-corrected chi connectivity index (χ2v) is 8.25. The maximum atomic E-state index is 12.2. The second-order valence-electron chi connectivity index (χ2n) is 8.25. The Hall–Kier alpha value is -0.630. The molecule has 21 heavy (non-hydrogen) atoms. The maximum absolute atomic E-state index is 12.2. The number of Topliss-reactive ketones (excluding diaryl/α,β-unsaturated/α-hetero) is 1. The summed E-state index contributed by atoms with van der Waals surface area (Å²) in [6.45, 7) is 10.4. The van der Waals surface area contributed by atoms with Crippen LogP contribution in [0.1, 0.15) is 66.7 Å². The normalized spacial score (nSPS) is 36.8. The van der Waals surface area contributed by atoms with Gasteiger partial charge in [0.2, 0.25) is 0 Å². The van der Waals surface area contributed by atoms with Gasteiger partial charge in [0, 0.05) is 18.3 Å². The SMILES string of the molecule is CC(/C=C/C(C)C(C)(C)O)[C@H]1CC[C@H]2C(=O)CCC[C@]12C. The molecule has 120 valence electrons. The number of allylic oxidation sites excluding steroid dienone is 1. The summed E-state index contributed by atoms with van der Waals surface area (Å²) in [7, 11) is 0. The fraction of sp³-hybridized carbons (Fsp3) is 0.842. The van der Waals surface area contributed by atoms with Gasteiger partial charge >= 0.3 is 0 Å². The number of hydrogen-bond donors (Lipinski definition) is 1. The summed E-state index contributed by atoms with van der Waals surface area (Å²) >= 11 is 0. The van der Waals surface area contributed by atoms with Gasteiger partial charge in [-0.2, -0.15) is 0 Å². The van der Waals surface area contributed by atoms with Crippen LogP contribution in [0, 0.1) is 29.1 Å². The molecule has 2 nitrogen and oxygen atoms in total. The number of fused-ring (bicyclic) bond motifs is 1. The molecule has 2 aliphatic rings. The zero-order chi connectivity index (χ0) is 15.8. The molecule has 0 heterocycles. The summed E-state index contributed by atoms with van der Waals surface area (Å²) < 4.78 is 0. The lowest BCUT2D eigenvalue weighted by molar-refractivity contribution is -0.129. The number of aliphatic hydroxyl groups is 1. The van der Waals surface area contributed by atoms with E-state index in [0.29, 0.717) is 23.5 Å². The van der Waals surface area contributed by atoms with Gasteiger partial charge in [-0.3, -0.25) is 4.79 Å². The number of carbonyl (C=O) groups is 1. The molecule has 2 aliphatic carbocycles. The zero-order valence-electron chi connectivity index (χ0n) is 14.4. The third-order valence-corrected chi connectivity index (χ3v) is 6.39. The predicted molar refractivity (Wildman–Crippen MR) is 86.9 cm³/mol. The molecule has 0 spiro atoms. The van der Waals surface area contributed by atoms with Crippen molar-refractivity contribution in [3.63, 3.8) is 0 Å². The van der Waals surface area contributed by atoms with E-state index in [0.717, 1.165) is 19.3 Å². The topological polar surface area (TPSA) is 37.3 Å². The Kier molecular flexibility index (Phi) is 4.68. The van der Waals surface area contributed by atoms with Crippen LogP contribution in [-0.2, 0) is 4.79 Å². The van der Waals surface area contributed by atoms with Crippen LogP contribution >= 0.6 is 0 Å². The van der Waals surface area contributed by atoms with Crippen molar-refractivity contribution in [2.45, 2.75) is 72.3 Å². The van der Waals surface area contributed by atoms with E-state index >= 15 is 0 Å². The highest BCUT2D eigenvalue weighted by molar-refractivity contribution is 5.83. The van der Waals surface area contributed by atoms with Crippen molar-refractivity contribution in [2.75, 3.05) is 0 Å². The number of rotatable bonds is 4. The van der Waals surface area contributed by atoms with Crippen LogP contribution in [0.25, 0.3) is 0 Å². The van der Waals surface area contributed by atoms with Crippen LogP contribution in [0.3, 0.4) is 0 Å². The maximum Gasteiger partial charge on any atom is 0.136 e. The fourth-order valence-corrected chi connectivity index (χ4v) is 4.55. The van der Waals surface area contributed by atoms with E-state index in [1.807, 2.05) is 13.8 Å². The van der Waals surface area contributed by atoms with Crippen LogP contribution in [-0.4, -0.2) is 16.5 Å². The van der Waals surface area contributed by atoms with Gasteiger partial charge in [-0.15, -0.1) is 0 Å². The van der Waals surface area contributed by atoms with Crippen molar-refractivity contribution in [3.8, 4) is 0 Å². The van der Waals surface area contributed by atoms with Crippen molar-refractivity contribution in [1.82, 2.24) is 0 Å². The van der Waals surface area contributed by atoms with Crippen LogP contribution < -0.4 is 0 Å². The fourth-order valence-electron chi connectivity index (χ4n) is 4.55. The molecule has 0 aromatic rings. The minimum atomic E-state index is -0.668. The molecule has 2 rings (SSSR count). The van der Waals surface area contributed by atoms with Crippen molar-refractivity contribution < 1.29 is 9.90 Å². The Labute approximate surface area is 130 Å². The van der Waals surface area contributed by atoms with E-state index in [-0.39, 0.29) is 11.3 Å². The monoisotopic (exact) mass is 292 g/mol. The quantitative estimate of drug-likeness (QED) is 0.781. The molecule has 0 saturated heterocycles. The molecule has 0 aromatic carbocycles. The summed E-state index contributed by atoms with van der Waals surface area (Å²) in [4.78, 5) is 12.2. The van der Waals surface area contributed by atoms with Gasteiger partial charge in [0.15, 0.2) is 0 Å². The molecule has 2 saturated carbocycles. The van der Waals surface area contributed by atoms with Gasteiger partial charge < -0.3 is 5.11 Å². The standard InChI is InChI=1S/C19H32O2/c1-13(8-9-14(2)18(3,4)21)15-10-11-16-17(20)7-6-12-19(15,16)5/h8-9,13-16,21H,6-7,10-12H2,1-5H3/b9-8+/t13?,14?,15-,16+,19-/m1/s1. The molecule has 0 bridgehead atoms. The van der Waals surface area contributed by atoms with Gasteiger partial charge in [0.05, 0.1) is 5.60 Å². The van der Waals surface area contributed by atoms with E-state index < -0.39 is 5.60 Å². The van der Waals surface area contributed by atoms with Gasteiger partial charge in [0.25, 0.3) is 0 Å². The number of carbonyl (C=O) groups excluding carboxylic acids is 1. The minimum absolute atomic E-state index is 0.151. The molecule has 2 fully saturated rings. The van der Waals surface area contributed by atoms with Crippen LogP contribution in [0.4, 0.5) is 0 Å². The Morgan fingerprint density at radius 1 is 1.29 bits per heavy atom. The van der Waals surface area contributed by atoms with Crippen molar-refractivity contribution in [2.24, 2.45) is 29.1 Å². The molecule has 0 aliphatic heterocycles. The third-order valence-electron chi connectivity index (χ3n) is 6.39. The molecule has 2 unspecified atom stereocenters.